The fraction of sp³-hybridized carbons (Fsp3) is 0.698. The topological polar surface area (TPSA) is 192 Å². The molecule has 2 aliphatic carbocycles. The minimum atomic E-state index is -1.15. The van der Waals surface area contributed by atoms with Crippen LogP contribution in [-0.4, -0.2) is 122 Å². The first-order chi connectivity index (χ1) is 27.6. The van der Waals surface area contributed by atoms with Crippen molar-refractivity contribution < 1.29 is 48.0 Å². The number of hydrogen-bond donors (Lipinski definition) is 3. The van der Waals surface area contributed by atoms with Crippen molar-refractivity contribution in [1.29, 1.82) is 0 Å². The van der Waals surface area contributed by atoms with Crippen molar-refractivity contribution in [3.05, 3.63) is 35.1 Å². The first kappa shape index (κ1) is 44.7. The zero-order valence-electron chi connectivity index (χ0n) is 35.5. The van der Waals surface area contributed by atoms with Gasteiger partial charge in [-0.05, 0) is 104 Å². The largest absolute Gasteiger partial charge is 0.493 e. The number of amides is 2. The molecule has 4 N–H and O–H groups in total. The molecule has 1 spiro atoms. The van der Waals surface area contributed by atoms with E-state index >= 15 is 0 Å². The molecule has 1 saturated heterocycles. The highest BCUT2D eigenvalue weighted by Gasteiger charge is 2.72. The zero-order chi connectivity index (χ0) is 42.3. The van der Waals surface area contributed by atoms with Gasteiger partial charge in [0.15, 0.2) is 23.4 Å². The fourth-order valence-electron chi connectivity index (χ4n) is 9.18. The van der Waals surface area contributed by atoms with Crippen LogP contribution in [0.3, 0.4) is 0 Å². The lowest BCUT2D eigenvalue weighted by Crippen LogP contribution is -2.74. The number of hydrogen-bond acceptors (Lipinski definition) is 12. The Hall–Kier alpha value is -4.37. The number of unbranched alkanes of at least 4 members (excludes halogenated alkanes) is 3. The minimum Gasteiger partial charge on any atom is -0.493 e. The van der Waals surface area contributed by atoms with E-state index in [-0.39, 0.29) is 43.6 Å². The van der Waals surface area contributed by atoms with Crippen LogP contribution in [0.2, 0.25) is 0 Å². The monoisotopic (exact) mass is 811 g/mol. The Labute approximate surface area is 343 Å². The summed E-state index contributed by atoms with van der Waals surface area (Å²) in [5, 5.41) is 15.4. The SMILES string of the molecule is CCOC(=O)CCCCCN(CCCC(=O)[C@H](CCCCC(N)=NC)NC(=O)OC(C)(C)C)C(=O)OC1=CCC2(O)[C@H]3Cc4ccc(OC)c5c4[C@@]2(CCN3C)C1O5. The molecule has 15 nitrogen and oxygen atoms in total. The second-order valence-corrected chi connectivity index (χ2v) is 17.0. The summed E-state index contributed by atoms with van der Waals surface area (Å²) in [4.78, 5) is 60.4. The molecule has 0 aromatic heterocycles. The number of amidine groups is 1. The van der Waals surface area contributed by atoms with Crippen LogP contribution in [0.4, 0.5) is 9.59 Å². The fourth-order valence-corrected chi connectivity index (χ4v) is 9.18. The Morgan fingerprint density at radius 2 is 1.83 bits per heavy atom. The van der Waals surface area contributed by atoms with Gasteiger partial charge in [0.25, 0.3) is 0 Å². The van der Waals surface area contributed by atoms with Crippen LogP contribution in [0.1, 0.15) is 116 Å². The highest BCUT2D eigenvalue weighted by atomic mass is 16.6. The van der Waals surface area contributed by atoms with Gasteiger partial charge >= 0.3 is 18.2 Å². The normalized spacial score (nSPS) is 23.8. The first-order valence-corrected chi connectivity index (χ1v) is 20.9. The lowest BCUT2D eigenvalue weighted by atomic mass is 9.50. The van der Waals surface area contributed by atoms with Crippen LogP contribution < -0.4 is 20.5 Å². The molecule has 2 amide bonds. The maximum Gasteiger partial charge on any atom is 0.415 e. The number of benzene rings is 1. The average molecular weight is 812 g/mol. The van der Waals surface area contributed by atoms with Gasteiger partial charge in [0.2, 0.25) is 0 Å². The molecule has 2 bridgehead atoms. The molecule has 2 aliphatic heterocycles. The molecule has 5 atom stereocenters. The number of aliphatic hydroxyl groups is 1. The second-order valence-electron chi connectivity index (χ2n) is 17.0. The molecule has 58 heavy (non-hydrogen) atoms. The van der Waals surface area contributed by atoms with Gasteiger partial charge in [0, 0.05) is 57.4 Å². The van der Waals surface area contributed by atoms with Crippen LogP contribution in [0, 0.1) is 0 Å². The summed E-state index contributed by atoms with van der Waals surface area (Å²) in [7, 11) is 5.27. The summed E-state index contributed by atoms with van der Waals surface area (Å²) in [6.07, 6.45) is 6.25. The van der Waals surface area contributed by atoms with E-state index < -0.39 is 40.9 Å². The van der Waals surface area contributed by atoms with Gasteiger partial charge in [-0.3, -0.25) is 14.6 Å². The number of alkyl carbamates (subject to hydrolysis) is 1. The number of nitrogens with one attached hydrogen (secondary N) is 1. The number of nitrogens with zero attached hydrogens (tertiary/aromatic N) is 3. The molecule has 2 heterocycles. The number of esters is 1. The van der Waals surface area contributed by atoms with Gasteiger partial charge in [-0.15, -0.1) is 0 Å². The van der Waals surface area contributed by atoms with Crippen molar-refractivity contribution in [3.63, 3.8) is 0 Å². The Morgan fingerprint density at radius 3 is 2.53 bits per heavy atom. The Balaban J connectivity index is 1.30. The molecule has 1 aromatic carbocycles. The number of nitrogens with two attached hydrogens (primary N) is 1. The highest BCUT2D eigenvalue weighted by Crippen LogP contribution is 2.65. The summed E-state index contributed by atoms with van der Waals surface area (Å²) in [6, 6.07) is 3.03. The maximum atomic E-state index is 14.2. The van der Waals surface area contributed by atoms with Crippen LogP contribution in [0.25, 0.3) is 0 Å². The number of carbonyl (C=O) groups excluding carboxylic acids is 4. The van der Waals surface area contributed by atoms with E-state index in [1.54, 1.807) is 52.8 Å². The molecule has 1 aromatic rings. The van der Waals surface area contributed by atoms with E-state index in [9.17, 15) is 24.3 Å². The van der Waals surface area contributed by atoms with Crippen LogP contribution in [0.5, 0.6) is 11.5 Å². The van der Waals surface area contributed by atoms with Crippen molar-refractivity contribution in [1.82, 2.24) is 15.1 Å². The molecule has 0 saturated carbocycles. The van der Waals surface area contributed by atoms with E-state index in [0.29, 0.717) is 100 Å². The number of ketones is 1. The number of Topliss-reactive ketones (excluding diaryl/α,β-unsaturated/α-hetero) is 1. The Kier molecular flexibility index (Phi) is 14.8. The molecule has 2 unspecified atom stereocenters. The molecular weight excluding hydrogens is 746 g/mol. The summed E-state index contributed by atoms with van der Waals surface area (Å²) in [6.45, 7) is 8.65. The second kappa shape index (κ2) is 19.1. The average Bonchev–Trinajstić information content (AvgIpc) is 3.53. The minimum absolute atomic E-state index is 0.100. The van der Waals surface area contributed by atoms with E-state index in [0.717, 1.165) is 17.7 Å². The van der Waals surface area contributed by atoms with E-state index in [2.05, 4.69) is 21.3 Å². The number of aliphatic imine (C=N–C) groups is 1. The third kappa shape index (κ3) is 9.73. The number of piperidine rings is 1. The Morgan fingerprint density at radius 1 is 1.09 bits per heavy atom. The zero-order valence-corrected chi connectivity index (χ0v) is 35.5. The van der Waals surface area contributed by atoms with Crippen molar-refractivity contribution in [2.75, 3.05) is 47.4 Å². The third-order valence-corrected chi connectivity index (χ3v) is 12.0. The van der Waals surface area contributed by atoms with Crippen molar-refractivity contribution in [2.24, 2.45) is 10.7 Å². The number of likely N-dealkylation sites (tertiary alicyclic amines) is 1. The van der Waals surface area contributed by atoms with Gasteiger partial charge in [-0.2, -0.15) is 0 Å². The number of methoxy groups -OCH3 is 1. The molecule has 1 fully saturated rings. The number of ether oxygens (including phenoxy) is 5. The van der Waals surface area contributed by atoms with Gasteiger partial charge in [-0.25, -0.2) is 9.59 Å². The molecule has 5 rings (SSSR count). The molecular formula is C43H65N5O10. The molecule has 4 aliphatic rings. The van der Waals surface area contributed by atoms with Crippen molar-refractivity contribution in [3.8, 4) is 11.5 Å². The number of carbonyl (C=O) groups is 4. The van der Waals surface area contributed by atoms with Crippen molar-refractivity contribution >= 4 is 29.8 Å². The molecule has 322 valence electrons. The molecule has 0 radical (unpaired) electrons. The van der Waals surface area contributed by atoms with Gasteiger partial charge < -0.3 is 49.6 Å². The van der Waals surface area contributed by atoms with E-state index in [4.69, 9.17) is 29.4 Å². The number of likely N-dealkylation sites (N-methyl/N-ethyl adjacent to an activating group) is 1. The Bertz CT molecular complexity index is 1720. The standard InChI is InChI=1S/C43H65N5O10/c1-8-55-35(50)18-10-9-13-24-48(25-14-16-30(49)29(15-11-12-17-34(44)45-5)46-39(51)58-41(2,3)4)40(52)56-32-21-22-43(53)33-27-28-19-20-31(54-7)37-36(28)42(43,38(32)57-37)23-26-47(33)6/h19-21,29,33,38,53H,8-18,22-27H2,1-7H3,(H2,44,45)(H,46,51)/t29-,33+,38?,42-,43?/m0/s1. The summed E-state index contributed by atoms with van der Waals surface area (Å²) >= 11 is 0. The number of rotatable bonds is 20. The third-order valence-electron chi connectivity index (χ3n) is 12.0. The first-order valence-electron chi connectivity index (χ1n) is 20.9. The summed E-state index contributed by atoms with van der Waals surface area (Å²) < 4.78 is 29.2. The summed E-state index contributed by atoms with van der Waals surface area (Å²) in [5.41, 5.74) is 5.18. The molecule has 15 heteroatoms. The predicted octanol–water partition coefficient (Wildman–Crippen LogP) is 5.33. The van der Waals surface area contributed by atoms with Gasteiger partial charge in [0.05, 0.1) is 36.6 Å². The smallest absolute Gasteiger partial charge is 0.415 e. The van der Waals surface area contributed by atoms with E-state index in [1.165, 1.54) is 0 Å². The van der Waals surface area contributed by atoms with Crippen LogP contribution in [0.15, 0.2) is 29.0 Å². The van der Waals surface area contributed by atoms with Crippen LogP contribution in [-0.2, 0) is 35.6 Å². The van der Waals surface area contributed by atoms with Gasteiger partial charge in [-0.1, -0.05) is 18.9 Å². The highest BCUT2D eigenvalue weighted by molar-refractivity contribution is 5.87. The lowest BCUT2D eigenvalue weighted by molar-refractivity contribution is -0.163. The predicted molar refractivity (Wildman–Crippen MR) is 218 cm³/mol. The quantitative estimate of drug-likeness (QED) is 0.0506. The summed E-state index contributed by atoms with van der Waals surface area (Å²) in [5.74, 6) is 1.61. The lowest BCUT2D eigenvalue weighted by Gasteiger charge is -2.61. The van der Waals surface area contributed by atoms with E-state index in [1.807, 2.05) is 13.1 Å². The maximum absolute atomic E-state index is 14.2. The van der Waals surface area contributed by atoms with Gasteiger partial charge in [0.1, 0.15) is 11.4 Å². The van der Waals surface area contributed by atoms with Crippen LogP contribution >= 0.6 is 0 Å². The van der Waals surface area contributed by atoms with Crippen molar-refractivity contribution in [2.45, 2.75) is 146 Å².